The number of halogens is 2. The van der Waals surface area contributed by atoms with Gasteiger partial charge < -0.3 is 9.64 Å². The third kappa shape index (κ3) is 5.51. The lowest BCUT2D eigenvalue weighted by molar-refractivity contribution is -0.139. The molecule has 0 saturated carbocycles. The number of likely N-dealkylation sites (tertiary alicyclic amines) is 1. The lowest BCUT2D eigenvalue weighted by Gasteiger charge is -2.33. The van der Waals surface area contributed by atoms with E-state index in [0.717, 1.165) is 6.26 Å². The second-order valence-corrected chi connectivity index (χ2v) is 8.45. The van der Waals surface area contributed by atoms with Gasteiger partial charge in [-0.05, 0) is 38.0 Å². The molecule has 1 aromatic carbocycles. The van der Waals surface area contributed by atoms with Crippen LogP contribution in [0, 0.1) is 0 Å². The summed E-state index contributed by atoms with van der Waals surface area (Å²) in [5.74, 6) is 0.245. The van der Waals surface area contributed by atoms with Gasteiger partial charge >= 0.3 is 0 Å². The first-order valence-electron chi connectivity index (χ1n) is 7.53. The van der Waals surface area contributed by atoms with Crippen LogP contribution in [0.15, 0.2) is 18.2 Å². The molecule has 1 aliphatic rings. The highest BCUT2D eigenvalue weighted by Crippen LogP contribution is 2.28. The standard InChI is InChI=1S/C15H20Cl2N2O4S/c1-10(23-14-4-3-11(16)9-13(14)17)15(20)19-7-5-12(6-8-19)18-24(2,21)22/h3-4,9-10,12,18H,5-8H2,1-2H3/t10-/m1/s1. The molecule has 2 rings (SSSR count). The predicted octanol–water partition coefficient (Wildman–Crippen LogP) is 2.30. The summed E-state index contributed by atoms with van der Waals surface area (Å²) in [7, 11) is -3.23. The zero-order chi connectivity index (χ0) is 17.9. The number of ether oxygens (including phenoxy) is 1. The molecule has 1 heterocycles. The Labute approximate surface area is 152 Å². The Morgan fingerprint density at radius 1 is 1.33 bits per heavy atom. The summed E-state index contributed by atoms with van der Waals surface area (Å²) < 4.78 is 30.7. The van der Waals surface area contributed by atoms with E-state index in [0.29, 0.717) is 41.7 Å². The molecule has 1 N–H and O–H groups in total. The molecule has 1 aromatic rings. The Morgan fingerprint density at radius 2 is 1.96 bits per heavy atom. The van der Waals surface area contributed by atoms with Crippen LogP contribution in [-0.2, 0) is 14.8 Å². The largest absolute Gasteiger partial charge is 0.479 e. The van der Waals surface area contributed by atoms with Crippen molar-refractivity contribution in [3.63, 3.8) is 0 Å². The molecular formula is C15H20Cl2N2O4S. The van der Waals surface area contributed by atoms with E-state index < -0.39 is 16.1 Å². The molecule has 0 unspecified atom stereocenters. The maximum atomic E-state index is 12.5. The van der Waals surface area contributed by atoms with Gasteiger partial charge in [0.1, 0.15) is 5.75 Å². The van der Waals surface area contributed by atoms with E-state index >= 15 is 0 Å². The zero-order valence-electron chi connectivity index (χ0n) is 13.5. The molecule has 24 heavy (non-hydrogen) atoms. The van der Waals surface area contributed by atoms with Crippen molar-refractivity contribution in [1.82, 2.24) is 9.62 Å². The van der Waals surface area contributed by atoms with Gasteiger partial charge in [0, 0.05) is 24.2 Å². The minimum absolute atomic E-state index is 0.133. The van der Waals surface area contributed by atoms with Crippen molar-refractivity contribution in [1.29, 1.82) is 0 Å². The summed E-state index contributed by atoms with van der Waals surface area (Å²) in [6.45, 7) is 2.62. The van der Waals surface area contributed by atoms with Gasteiger partial charge in [0.25, 0.3) is 5.91 Å². The number of benzene rings is 1. The first kappa shape index (κ1) is 19.3. The summed E-state index contributed by atoms with van der Waals surface area (Å²) in [6.07, 6.45) is 1.60. The quantitative estimate of drug-likeness (QED) is 0.830. The number of nitrogens with one attached hydrogen (secondary N) is 1. The first-order chi connectivity index (χ1) is 11.2. The molecule has 1 aliphatic heterocycles. The highest BCUT2D eigenvalue weighted by atomic mass is 35.5. The Bertz CT molecular complexity index is 703. The van der Waals surface area contributed by atoms with Crippen LogP contribution in [0.4, 0.5) is 0 Å². The number of carbonyl (C=O) groups excluding carboxylic acids is 1. The average molecular weight is 395 g/mol. The fourth-order valence-electron chi connectivity index (χ4n) is 2.59. The van der Waals surface area contributed by atoms with Crippen LogP contribution in [0.1, 0.15) is 19.8 Å². The number of piperidine rings is 1. The fourth-order valence-corrected chi connectivity index (χ4v) is 3.88. The molecule has 9 heteroatoms. The number of hydrogen-bond acceptors (Lipinski definition) is 4. The Balaban J connectivity index is 1.90. The van der Waals surface area contributed by atoms with Crippen molar-refractivity contribution >= 4 is 39.1 Å². The van der Waals surface area contributed by atoms with E-state index in [1.54, 1.807) is 30.0 Å². The first-order valence-corrected chi connectivity index (χ1v) is 10.2. The highest BCUT2D eigenvalue weighted by molar-refractivity contribution is 7.88. The zero-order valence-corrected chi connectivity index (χ0v) is 15.8. The molecule has 1 fully saturated rings. The van der Waals surface area contributed by atoms with E-state index in [2.05, 4.69) is 4.72 Å². The number of nitrogens with zero attached hydrogens (tertiary/aromatic N) is 1. The van der Waals surface area contributed by atoms with Crippen molar-refractivity contribution in [3.8, 4) is 5.75 Å². The van der Waals surface area contributed by atoms with Crippen LogP contribution in [-0.4, -0.2) is 50.7 Å². The normalized spacial score (nSPS) is 17.6. The number of sulfonamides is 1. The number of amides is 1. The van der Waals surface area contributed by atoms with E-state index in [1.165, 1.54) is 0 Å². The molecule has 134 valence electrons. The van der Waals surface area contributed by atoms with Crippen molar-refractivity contribution < 1.29 is 17.9 Å². The second kappa shape index (κ2) is 7.91. The summed E-state index contributed by atoms with van der Waals surface area (Å²) in [5.41, 5.74) is 0. The van der Waals surface area contributed by atoms with Crippen LogP contribution in [0.25, 0.3) is 0 Å². The minimum atomic E-state index is -3.23. The van der Waals surface area contributed by atoms with Crippen LogP contribution in [0.3, 0.4) is 0 Å². The maximum absolute atomic E-state index is 12.5. The predicted molar refractivity (Wildman–Crippen MR) is 94.1 cm³/mol. The number of carbonyl (C=O) groups is 1. The molecule has 1 atom stereocenters. The summed E-state index contributed by atoms with van der Waals surface area (Å²) in [5, 5.41) is 0.838. The molecule has 6 nitrogen and oxygen atoms in total. The molecule has 0 aromatic heterocycles. The van der Waals surface area contributed by atoms with Gasteiger partial charge in [-0.15, -0.1) is 0 Å². The van der Waals surface area contributed by atoms with Crippen LogP contribution < -0.4 is 9.46 Å². The minimum Gasteiger partial charge on any atom is -0.479 e. The van der Waals surface area contributed by atoms with Crippen molar-refractivity contribution in [2.75, 3.05) is 19.3 Å². The molecule has 1 saturated heterocycles. The van der Waals surface area contributed by atoms with Gasteiger partial charge in [-0.25, -0.2) is 13.1 Å². The third-order valence-corrected chi connectivity index (χ3v) is 5.02. The van der Waals surface area contributed by atoms with E-state index in [9.17, 15) is 13.2 Å². The van der Waals surface area contributed by atoms with Gasteiger partial charge in [0.2, 0.25) is 10.0 Å². The summed E-state index contributed by atoms with van der Waals surface area (Å²) >= 11 is 11.9. The van der Waals surface area contributed by atoms with Gasteiger partial charge in [0.15, 0.2) is 6.10 Å². The number of hydrogen-bond donors (Lipinski definition) is 1. The lowest BCUT2D eigenvalue weighted by atomic mass is 10.1. The van der Waals surface area contributed by atoms with Crippen molar-refractivity contribution in [3.05, 3.63) is 28.2 Å². The van der Waals surface area contributed by atoms with E-state index in [-0.39, 0.29) is 11.9 Å². The molecule has 0 aliphatic carbocycles. The fraction of sp³-hybridized carbons (Fsp3) is 0.533. The van der Waals surface area contributed by atoms with Gasteiger partial charge in [-0.2, -0.15) is 0 Å². The van der Waals surface area contributed by atoms with Gasteiger partial charge in [-0.3, -0.25) is 4.79 Å². The van der Waals surface area contributed by atoms with Crippen LogP contribution in [0.2, 0.25) is 10.0 Å². The molecular weight excluding hydrogens is 375 g/mol. The SMILES string of the molecule is C[C@@H](Oc1ccc(Cl)cc1Cl)C(=O)N1CCC(NS(C)(=O)=O)CC1. The lowest BCUT2D eigenvalue weighted by Crippen LogP contribution is -2.49. The highest BCUT2D eigenvalue weighted by Gasteiger charge is 2.28. The Morgan fingerprint density at radius 3 is 2.50 bits per heavy atom. The molecule has 0 radical (unpaired) electrons. The Kier molecular flexibility index (Phi) is 6.36. The van der Waals surface area contributed by atoms with Crippen molar-refractivity contribution in [2.24, 2.45) is 0 Å². The van der Waals surface area contributed by atoms with Crippen molar-refractivity contribution in [2.45, 2.75) is 31.9 Å². The van der Waals surface area contributed by atoms with E-state index in [4.69, 9.17) is 27.9 Å². The number of rotatable bonds is 5. The maximum Gasteiger partial charge on any atom is 0.263 e. The molecule has 0 bridgehead atoms. The monoisotopic (exact) mass is 394 g/mol. The van der Waals surface area contributed by atoms with Crippen LogP contribution in [0.5, 0.6) is 5.75 Å². The van der Waals surface area contributed by atoms with E-state index in [1.807, 2.05) is 0 Å². The third-order valence-electron chi connectivity index (χ3n) is 3.73. The summed E-state index contributed by atoms with van der Waals surface area (Å²) in [4.78, 5) is 14.1. The average Bonchev–Trinajstić information content (AvgIpc) is 2.48. The van der Waals surface area contributed by atoms with Crippen LogP contribution >= 0.6 is 23.2 Å². The molecule has 0 spiro atoms. The van der Waals surface area contributed by atoms with Gasteiger partial charge in [-0.1, -0.05) is 23.2 Å². The van der Waals surface area contributed by atoms with Gasteiger partial charge in [0.05, 0.1) is 11.3 Å². The topological polar surface area (TPSA) is 75.7 Å². The Hall–Kier alpha value is -1.02. The molecule has 1 amide bonds. The second-order valence-electron chi connectivity index (χ2n) is 5.82. The summed E-state index contributed by atoms with van der Waals surface area (Å²) in [6, 6.07) is 4.68. The smallest absolute Gasteiger partial charge is 0.263 e.